The predicted octanol–water partition coefficient (Wildman–Crippen LogP) is 3.18. The molecule has 0 bridgehead atoms. The van der Waals surface area contributed by atoms with E-state index >= 15 is 0 Å². The molecule has 0 fully saturated rings. The molecule has 1 heterocycles. The van der Waals surface area contributed by atoms with Gasteiger partial charge in [-0.05, 0) is 30.3 Å². The monoisotopic (exact) mass is 357 g/mol. The molecule has 0 spiro atoms. The van der Waals surface area contributed by atoms with Gasteiger partial charge < -0.3 is 15.0 Å². The summed E-state index contributed by atoms with van der Waals surface area (Å²) in [5.41, 5.74) is 0.921. The molecule has 0 radical (unpaired) electrons. The number of benzene rings is 2. The summed E-state index contributed by atoms with van der Waals surface area (Å²) in [6, 6.07) is 10.8. The van der Waals surface area contributed by atoms with Gasteiger partial charge in [-0.15, -0.1) is 0 Å². The summed E-state index contributed by atoms with van der Waals surface area (Å²) in [6.07, 6.45) is 3.85. The molecule has 3 rings (SSSR count). The van der Waals surface area contributed by atoms with Crippen molar-refractivity contribution in [3.8, 4) is 5.75 Å². The number of nitrogens with zero attached hydrogens (tertiary/aromatic N) is 1. The van der Waals surface area contributed by atoms with Crippen LogP contribution in [0.5, 0.6) is 5.75 Å². The number of H-pyrrole nitrogens is 1. The van der Waals surface area contributed by atoms with E-state index in [0.717, 1.165) is 0 Å². The normalized spacial score (nSPS) is 11.2. The third kappa shape index (κ3) is 4.10. The van der Waals surface area contributed by atoms with E-state index in [1.54, 1.807) is 30.3 Å². The van der Waals surface area contributed by atoms with Gasteiger partial charge in [0.25, 0.3) is 5.56 Å². The van der Waals surface area contributed by atoms with E-state index in [4.69, 9.17) is 0 Å². The molecule has 1 amide bonds. The lowest BCUT2D eigenvalue weighted by Gasteiger charge is -2.07. The number of carbonyl (C=O) groups is 1. The Morgan fingerprint density at radius 1 is 1.23 bits per heavy atom. The average Bonchev–Trinajstić information content (AvgIpc) is 2.61. The zero-order valence-electron chi connectivity index (χ0n) is 13.3. The number of hydrogen-bond donors (Lipinski definition) is 2. The molecule has 0 aliphatic heterocycles. The van der Waals surface area contributed by atoms with Crippen LogP contribution in [0.3, 0.4) is 0 Å². The largest absolute Gasteiger partial charge is 0.434 e. The van der Waals surface area contributed by atoms with E-state index in [1.807, 2.05) is 0 Å². The van der Waals surface area contributed by atoms with Crippen LogP contribution in [0.15, 0.2) is 59.7 Å². The summed E-state index contributed by atoms with van der Waals surface area (Å²) in [6.45, 7) is -2.96. The second kappa shape index (κ2) is 7.56. The number of ether oxygens (including phenoxy) is 1. The second-order valence-corrected chi connectivity index (χ2v) is 5.20. The number of amides is 1. The first kappa shape index (κ1) is 17.3. The molecule has 6 nitrogen and oxygen atoms in total. The van der Waals surface area contributed by atoms with Crippen LogP contribution in [0.25, 0.3) is 17.0 Å². The second-order valence-electron chi connectivity index (χ2n) is 5.20. The maximum absolute atomic E-state index is 12.4. The van der Waals surface area contributed by atoms with Crippen molar-refractivity contribution in [2.75, 3.05) is 5.32 Å². The Kier molecular flexibility index (Phi) is 5.02. The molecule has 8 heteroatoms. The highest BCUT2D eigenvalue weighted by atomic mass is 19.3. The topological polar surface area (TPSA) is 84.1 Å². The molecular formula is C18H13F2N3O3. The third-order valence-corrected chi connectivity index (χ3v) is 3.46. The molecule has 2 N–H and O–H groups in total. The number of carbonyl (C=O) groups excluding carboxylic acids is 1. The summed E-state index contributed by atoms with van der Waals surface area (Å²) in [5, 5.41) is 2.93. The maximum atomic E-state index is 12.4. The zero-order valence-corrected chi connectivity index (χ0v) is 13.3. The Balaban J connectivity index is 1.76. The lowest BCUT2D eigenvalue weighted by atomic mass is 10.2. The molecule has 0 saturated carbocycles. The van der Waals surface area contributed by atoms with Crippen molar-refractivity contribution in [2.24, 2.45) is 0 Å². The Labute approximate surface area is 146 Å². The smallest absolute Gasteiger partial charge is 0.387 e. The maximum Gasteiger partial charge on any atom is 0.387 e. The first-order chi connectivity index (χ1) is 12.5. The van der Waals surface area contributed by atoms with E-state index in [0.29, 0.717) is 22.2 Å². The SMILES string of the molecule is O=C(C=Cc1ccccc1OC(F)F)Nc1ccc2nc[nH]c(=O)c2c1. The van der Waals surface area contributed by atoms with Crippen molar-refractivity contribution in [3.05, 3.63) is 70.8 Å². The first-order valence-corrected chi connectivity index (χ1v) is 7.53. The van der Waals surface area contributed by atoms with Crippen molar-refractivity contribution >= 4 is 28.6 Å². The van der Waals surface area contributed by atoms with Gasteiger partial charge in [0.1, 0.15) is 5.75 Å². The number of halogens is 2. The molecule has 0 aliphatic rings. The molecular weight excluding hydrogens is 344 g/mol. The van der Waals surface area contributed by atoms with Gasteiger partial charge in [-0.3, -0.25) is 9.59 Å². The van der Waals surface area contributed by atoms with E-state index < -0.39 is 12.5 Å². The molecule has 0 aliphatic carbocycles. The van der Waals surface area contributed by atoms with Crippen LogP contribution in [0.4, 0.5) is 14.5 Å². The van der Waals surface area contributed by atoms with Gasteiger partial charge in [0, 0.05) is 17.3 Å². The molecule has 132 valence electrons. The number of rotatable bonds is 5. The van der Waals surface area contributed by atoms with Crippen LogP contribution in [-0.4, -0.2) is 22.5 Å². The Morgan fingerprint density at radius 3 is 2.85 bits per heavy atom. The van der Waals surface area contributed by atoms with Gasteiger partial charge in [0.05, 0.1) is 17.2 Å². The average molecular weight is 357 g/mol. The number of para-hydroxylation sites is 1. The van der Waals surface area contributed by atoms with Crippen molar-refractivity contribution in [3.63, 3.8) is 0 Å². The predicted molar refractivity (Wildman–Crippen MR) is 93.1 cm³/mol. The van der Waals surface area contributed by atoms with Crippen molar-refractivity contribution < 1.29 is 18.3 Å². The number of aromatic amines is 1. The molecule has 0 saturated heterocycles. The highest BCUT2D eigenvalue weighted by Gasteiger charge is 2.08. The number of alkyl halides is 2. The van der Waals surface area contributed by atoms with Crippen LogP contribution < -0.4 is 15.6 Å². The fourth-order valence-electron chi connectivity index (χ4n) is 2.32. The highest BCUT2D eigenvalue weighted by Crippen LogP contribution is 2.21. The van der Waals surface area contributed by atoms with Gasteiger partial charge in [-0.2, -0.15) is 8.78 Å². The molecule has 26 heavy (non-hydrogen) atoms. The Morgan fingerprint density at radius 2 is 2.04 bits per heavy atom. The van der Waals surface area contributed by atoms with Gasteiger partial charge >= 0.3 is 6.61 Å². The van der Waals surface area contributed by atoms with E-state index in [2.05, 4.69) is 20.0 Å². The van der Waals surface area contributed by atoms with Gasteiger partial charge in [0.15, 0.2) is 0 Å². The summed E-state index contributed by atoms with van der Waals surface area (Å²) in [7, 11) is 0. The summed E-state index contributed by atoms with van der Waals surface area (Å²) in [4.78, 5) is 30.3. The fourth-order valence-corrected chi connectivity index (χ4v) is 2.32. The summed E-state index contributed by atoms with van der Waals surface area (Å²) < 4.78 is 29.2. The van der Waals surface area contributed by atoms with Gasteiger partial charge in [-0.25, -0.2) is 4.98 Å². The van der Waals surface area contributed by atoms with Crippen LogP contribution in [0.2, 0.25) is 0 Å². The summed E-state index contributed by atoms with van der Waals surface area (Å²) in [5.74, 6) is -0.522. The van der Waals surface area contributed by atoms with Gasteiger partial charge in [0.2, 0.25) is 5.91 Å². The molecule has 3 aromatic rings. The lowest BCUT2D eigenvalue weighted by Crippen LogP contribution is -2.10. The minimum atomic E-state index is -2.96. The zero-order chi connectivity index (χ0) is 18.5. The van der Waals surface area contributed by atoms with Crippen LogP contribution >= 0.6 is 0 Å². The molecule has 1 aromatic heterocycles. The molecule has 2 aromatic carbocycles. The minimum Gasteiger partial charge on any atom is -0.434 e. The molecule has 0 atom stereocenters. The Bertz CT molecular complexity index is 1030. The number of hydrogen-bond acceptors (Lipinski definition) is 4. The number of fused-ring (bicyclic) bond motifs is 1. The minimum absolute atomic E-state index is 0.0325. The van der Waals surface area contributed by atoms with Crippen LogP contribution in [-0.2, 0) is 4.79 Å². The number of anilines is 1. The van der Waals surface area contributed by atoms with E-state index in [1.165, 1.54) is 30.6 Å². The van der Waals surface area contributed by atoms with Gasteiger partial charge in [-0.1, -0.05) is 18.2 Å². The first-order valence-electron chi connectivity index (χ1n) is 7.53. The van der Waals surface area contributed by atoms with Crippen molar-refractivity contribution in [2.45, 2.75) is 6.61 Å². The lowest BCUT2D eigenvalue weighted by molar-refractivity contribution is -0.111. The van der Waals surface area contributed by atoms with E-state index in [9.17, 15) is 18.4 Å². The summed E-state index contributed by atoms with van der Waals surface area (Å²) >= 11 is 0. The Hall–Kier alpha value is -3.55. The van der Waals surface area contributed by atoms with Crippen LogP contribution in [0, 0.1) is 0 Å². The number of nitrogens with one attached hydrogen (secondary N) is 2. The van der Waals surface area contributed by atoms with E-state index in [-0.39, 0.29) is 11.3 Å². The standard InChI is InChI=1S/C18H13F2N3O3/c19-18(20)26-15-4-2-1-3-11(15)5-8-16(24)23-12-6-7-14-13(9-12)17(25)22-10-21-14/h1-10,18H,(H,23,24)(H,21,22,25). The molecule has 0 unspecified atom stereocenters. The highest BCUT2D eigenvalue weighted by molar-refractivity contribution is 6.03. The fraction of sp³-hybridized carbons (Fsp3) is 0.0556. The van der Waals surface area contributed by atoms with Crippen molar-refractivity contribution in [1.29, 1.82) is 0 Å². The number of aromatic nitrogens is 2. The quantitative estimate of drug-likeness (QED) is 0.687. The van der Waals surface area contributed by atoms with Crippen molar-refractivity contribution in [1.82, 2.24) is 9.97 Å². The third-order valence-electron chi connectivity index (χ3n) is 3.46. The van der Waals surface area contributed by atoms with Crippen LogP contribution in [0.1, 0.15) is 5.56 Å².